The van der Waals surface area contributed by atoms with Gasteiger partial charge in [-0.1, -0.05) is 0 Å². The highest BCUT2D eigenvalue weighted by molar-refractivity contribution is 7.86. The van der Waals surface area contributed by atoms with Crippen LogP contribution in [0.3, 0.4) is 0 Å². The summed E-state index contributed by atoms with van der Waals surface area (Å²) in [5, 5.41) is 4.34. The second-order valence-electron chi connectivity index (χ2n) is 5.55. The van der Waals surface area contributed by atoms with E-state index in [1.165, 1.54) is 33.7 Å². The maximum absolute atomic E-state index is 12.2. The minimum Gasteiger partial charge on any atom is -0.281 e. The Hall–Kier alpha value is -1.39. The normalized spacial score (nSPS) is 20.6. The quantitative estimate of drug-likeness (QED) is 0.658. The fourth-order valence-corrected chi connectivity index (χ4v) is 3.55. The largest absolute Gasteiger partial charge is 0.430 e. The third kappa shape index (κ3) is 2.58. The van der Waals surface area contributed by atoms with Crippen LogP contribution in [0.5, 0.6) is 0 Å². The lowest BCUT2D eigenvalue weighted by molar-refractivity contribution is -0.766. The number of aromatic amines is 1. The molecule has 9 nitrogen and oxygen atoms in total. The van der Waals surface area contributed by atoms with Gasteiger partial charge in [-0.2, -0.15) is 17.0 Å². The first-order valence-corrected chi connectivity index (χ1v) is 7.60. The van der Waals surface area contributed by atoms with E-state index >= 15 is 0 Å². The molecule has 1 N–H and O–H groups in total. The topological polar surface area (TPSA) is 93.7 Å². The molecule has 0 spiro atoms. The molecule has 0 aromatic carbocycles. The Morgan fingerprint density at radius 1 is 1.40 bits per heavy atom. The standard InChI is InChI=1S/C10H19N5O4S/c1-10(2)8-13(20(17,18)12(3)4)5-6-14(10)15-7-9(16)19-11-15/h7H,5-6,8H2,1-4H3/p+1. The lowest BCUT2D eigenvalue weighted by atomic mass is 10.0. The highest BCUT2D eigenvalue weighted by Crippen LogP contribution is 2.19. The number of hydrogen-bond acceptors (Lipinski definition) is 5. The van der Waals surface area contributed by atoms with Gasteiger partial charge in [-0.05, 0) is 13.8 Å². The number of hydrogen-bond donors (Lipinski definition) is 1. The van der Waals surface area contributed by atoms with E-state index in [2.05, 4.69) is 9.79 Å². The summed E-state index contributed by atoms with van der Waals surface area (Å²) in [5.74, 6) is 0. The molecule has 20 heavy (non-hydrogen) atoms. The van der Waals surface area contributed by atoms with Gasteiger partial charge in [0.15, 0.2) is 0 Å². The summed E-state index contributed by atoms with van der Waals surface area (Å²) < 4.78 is 31.6. The molecule has 0 saturated carbocycles. The fourth-order valence-electron chi connectivity index (χ4n) is 2.29. The molecule has 1 aliphatic rings. The summed E-state index contributed by atoms with van der Waals surface area (Å²) in [4.78, 5) is 12.6. The first-order valence-electron chi connectivity index (χ1n) is 6.20. The molecule has 114 valence electrons. The Morgan fingerprint density at radius 3 is 2.50 bits per heavy atom. The van der Waals surface area contributed by atoms with E-state index in [-0.39, 0.29) is 0 Å². The SMILES string of the molecule is CN(C)S(=O)(=O)N1CCN([n+]2cc(=O)o[nH]2)C(C)(C)C1. The van der Waals surface area contributed by atoms with Gasteiger partial charge in [-0.15, -0.1) is 5.01 Å². The summed E-state index contributed by atoms with van der Waals surface area (Å²) in [7, 11) is -0.414. The van der Waals surface area contributed by atoms with Crippen molar-refractivity contribution in [3.63, 3.8) is 0 Å². The lowest BCUT2D eigenvalue weighted by Gasteiger charge is -2.41. The molecule has 1 saturated heterocycles. The zero-order valence-electron chi connectivity index (χ0n) is 12.0. The van der Waals surface area contributed by atoms with Crippen LogP contribution in [0.4, 0.5) is 0 Å². The molecule has 2 heterocycles. The van der Waals surface area contributed by atoms with Crippen molar-refractivity contribution in [2.45, 2.75) is 19.4 Å². The molecular formula is C10H20N5O4S+. The highest BCUT2D eigenvalue weighted by Gasteiger charge is 2.44. The van der Waals surface area contributed by atoms with E-state index in [0.29, 0.717) is 19.6 Å². The first kappa shape index (κ1) is 15.0. The van der Waals surface area contributed by atoms with E-state index in [4.69, 9.17) is 0 Å². The molecule has 1 aromatic heterocycles. The summed E-state index contributed by atoms with van der Waals surface area (Å²) in [6.07, 6.45) is 1.29. The van der Waals surface area contributed by atoms with Crippen LogP contribution in [0.15, 0.2) is 15.5 Å². The van der Waals surface area contributed by atoms with E-state index in [1.54, 1.807) is 0 Å². The molecular weight excluding hydrogens is 286 g/mol. The Kier molecular flexibility index (Phi) is 3.65. The monoisotopic (exact) mass is 306 g/mol. The molecule has 1 aromatic rings. The van der Waals surface area contributed by atoms with Gasteiger partial charge in [0, 0.05) is 37.2 Å². The second kappa shape index (κ2) is 4.86. The Bertz CT molecular complexity index is 632. The van der Waals surface area contributed by atoms with Crippen molar-refractivity contribution in [2.24, 2.45) is 0 Å². The number of aromatic nitrogens is 2. The van der Waals surface area contributed by atoms with Gasteiger partial charge < -0.3 is 0 Å². The number of rotatable bonds is 3. The van der Waals surface area contributed by atoms with Gasteiger partial charge in [0.1, 0.15) is 5.54 Å². The molecule has 0 aliphatic carbocycles. The minimum absolute atomic E-state index is 0.313. The molecule has 0 radical (unpaired) electrons. The lowest BCUT2D eigenvalue weighted by Crippen LogP contribution is -2.75. The van der Waals surface area contributed by atoms with Crippen molar-refractivity contribution in [1.82, 2.24) is 13.9 Å². The maximum atomic E-state index is 12.2. The Labute approximate surface area is 117 Å². The highest BCUT2D eigenvalue weighted by atomic mass is 32.2. The van der Waals surface area contributed by atoms with Crippen molar-refractivity contribution >= 4 is 10.2 Å². The van der Waals surface area contributed by atoms with Gasteiger partial charge in [0.25, 0.3) is 10.2 Å². The van der Waals surface area contributed by atoms with Crippen LogP contribution in [0.1, 0.15) is 13.8 Å². The van der Waals surface area contributed by atoms with Gasteiger partial charge in [0.05, 0.1) is 6.54 Å². The molecule has 0 amide bonds. The average Bonchev–Trinajstić information content (AvgIpc) is 2.73. The predicted molar refractivity (Wildman–Crippen MR) is 70.9 cm³/mol. The molecule has 10 heteroatoms. The van der Waals surface area contributed by atoms with E-state index < -0.39 is 21.4 Å². The van der Waals surface area contributed by atoms with E-state index in [1.807, 2.05) is 18.9 Å². The maximum Gasteiger partial charge on any atom is 0.430 e. The predicted octanol–water partition coefficient (Wildman–Crippen LogP) is -1.91. The van der Waals surface area contributed by atoms with Gasteiger partial charge >= 0.3 is 11.8 Å². The molecule has 0 bridgehead atoms. The Morgan fingerprint density at radius 2 is 2.05 bits per heavy atom. The number of nitrogens with zero attached hydrogens (tertiary/aromatic N) is 4. The summed E-state index contributed by atoms with van der Waals surface area (Å²) >= 11 is 0. The van der Waals surface area contributed by atoms with Crippen molar-refractivity contribution < 1.29 is 17.7 Å². The van der Waals surface area contributed by atoms with Crippen LogP contribution < -0.4 is 15.4 Å². The number of nitrogens with one attached hydrogen (secondary N) is 1. The van der Waals surface area contributed by atoms with Crippen LogP contribution in [0.25, 0.3) is 0 Å². The number of piperazine rings is 1. The zero-order chi connectivity index (χ0) is 15.1. The molecule has 0 atom stereocenters. The second-order valence-corrected chi connectivity index (χ2v) is 7.69. The molecule has 2 rings (SSSR count). The average molecular weight is 306 g/mol. The Balaban J connectivity index is 2.24. The van der Waals surface area contributed by atoms with Crippen LogP contribution in [-0.2, 0) is 10.2 Å². The first-order chi connectivity index (χ1) is 9.14. The van der Waals surface area contributed by atoms with Gasteiger partial charge in [-0.3, -0.25) is 4.52 Å². The summed E-state index contributed by atoms with van der Waals surface area (Å²) in [6.45, 7) is 4.91. The van der Waals surface area contributed by atoms with Gasteiger partial charge in [-0.25, -0.2) is 4.79 Å². The van der Waals surface area contributed by atoms with E-state index in [0.717, 1.165) is 0 Å². The van der Waals surface area contributed by atoms with Crippen molar-refractivity contribution in [2.75, 3.05) is 38.7 Å². The minimum atomic E-state index is -3.44. The van der Waals surface area contributed by atoms with Crippen molar-refractivity contribution in [1.29, 1.82) is 0 Å². The van der Waals surface area contributed by atoms with Crippen LogP contribution >= 0.6 is 0 Å². The molecule has 0 unspecified atom stereocenters. The summed E-state index contributed by atoms with van der Waals surface area (Å²) in [6, 6.07) is 0. The van der Waals surface area contributed by atoms with Crippen molar-refractivity contribution in [3.05, 3.63) is 16.6 Å². The van der Waals surface area contributed by atoms with Crippen molar-refractivity contribution in [3.8, 4) is 0 Å². The zero-order valence-corrected chi connectivity index (χ0v) is 12.8. The van der Waals surface area contributed by atoms with Crippen LogP contribution in [-0.4, -0.2) is 61.6 Å². The molecule has 1 aliphatic heterocycles. The van der Waals surface area contributed by atoms with Crippen LogP contribution in [0, 0.1) is 0 Å². The van der Waals surface area contributed by atoms with E-state index in [9.17, 15) is 13.2 Å². The summed E-state index contributed by atoms with van der Waals surface area (Å²) in [5.41, 5.74) is -0.970. The fraction of sp³-hybridized carbons (Fsp3) is 0.800. The van der Waals surface area contributed by atoms with Crippen LogP contribution in [0.2, 0.25) is 0 Å². The van der Waals surface area contributed by atoms with Gasteiger partial charge in [0.2, 0.25) is 0 Å². The third-order valence-electron chi connectivity index (χ3n) is 3.34. The molecule has 1 fully saturated rings. The third-order valence-corrected chi connectivity index (χ3v) is 5.23. The number of H-pyrrole nitrogens is 1. The smallest absolute Gasteiger partial charge is 0.281 e.